The van der Waals surface area contributed by atoms with Gasteiger partial charge in [-0.15, -0.1) is 0 Å². The lowest BCUT2D eigenvalue weighted by atomic mass is 9.90. The van der Waals surface area contributed by atoms with Gasteiger partial charge in [0.25, 0.3) is 0 Å². The molecule has 1 atom stereocenters. The van der Waals surface area contributed by atoms with Crippen molar-refractivity contribution < 1.29 is 44.7 Å². The van der Waals surface area contributed by atoms with E-state index in [0.717, 1.165) is 6.08 Å². The average molecular weight is 454 g/mol. The Balaban J connectivity index is 2.72. The van der Waals surface area contributed by atoms with E-state index in [1.807, 2.05) is 0 Å². The molecular weight excluding hydrogens is 432 g/mol. The highest BCUT2D eigenvalue weighted by Gasteiger charge is 2.18. The molecule has 0 radical (unpaired) electrons. The molecule has 0 aliphatic carbocycles. The molecule has 1 unspecified atom stereocenters. The Bertz CT molecular complexity index is 1120. The van der Waals surface area contributed by atoms with Crippen LogP contribution in [0.2, 0.25) is 0 Å². The zero-order chi connectivity index (χ0) is 24.9. The molecule has 0 saturated heterocycles. The lowest BCUT2D eigenvalue weighted by Gasteiger charge is -2.14. The van der Waals surface area contributed by atoms with Gasteiger partial charge in [-0.3, -0.25) is 4.79 Å². The summed E-state index contributed by atoms with van der Waals surface area (Å²) in [6, 6.07) is 7.61. The van der Waals surface area contributed by atoms with Gasteiger partial charge in [-0.2, -0.15) is 0 Å². The summed E-state index contributed by atoms with van der Waals surface area (Å²) in [7, 11) is 1.20. The van der Waals surface area contributed by atoms with Crippen LogP contribution >= 0.6 is 0 Å². The van der Waals surface area contributed by atoms with Crippen molar-refractivity contribution in [3.8, 4) is 11.5 Å². The number of ketones is 1. The van der Waals surface area contributed by atoms with Gasteiger partial charge < -0.3 is 30.3 Å². The van der Waals surface area contributed by atoms with E-state index in [0.29, 0.717) is 22.3 Å². The fraction of sp³-hybridized carbons (Fsp3) is 0.125. The SMILES string of the molecule is C=C(C(=O)/C=C\C(C)=C(c1ccc(O)c(C(=O)O)c1)c1ccc(O)c(C(=O)O)c1)C(O)OC. The fourth-order valence-electron chi connectivity index (χ4n) is 3.00. The Morgan fingerprint density at radius 2 is 1.36 bits per heavy atom. The Morgan fingerprint density at radius 1 is 0.909 bits per heavy atom. The van der Waals surface area contributed by atoms with Crippen LogP contribution in [0, 0.1) is 0 Å². The van der Waals surface area contributed by atoms with Gasteiger partial charge in [-0.05, 0) is 59.5 Å². The smallest absolute Gasteiger partial charge is 0.339 e. The van der Waals surface area contributed by atoms with E-state index in [1.165, 1.54) is 49.6 Å². The van der Waals surface area contributed by atoms with Crippen molar-refractivity contribution in [2.75, 3.05) is 7.11 Å². The normalized spacial score (nSPS) is 11.7. The number of ether oxygens (including phenoxy) is 1. The summed E-state index contributed by atoms with van der Waals surface area (Å²) in [6.07, 6.45) is 1.01. The van der Waals surface area contributed by atoms with E-state index in [-0.39, 0.29) is 16.7 Å². The van der Waals surface area contributed by atoms with Crippen LogP contribution < -0.4 is 0 Å². The van der Waals surface area contributed by atoms with E-state index >= 15 is 0 Å². The summed E-state index contributed by atoms with van der Waals surface area (Å²) in [6.45, 7) is 5.06. The van der Waals surface area contributed by atoms with Crippen LogP contribution in [-0.4, -0.2) is 56.7 Å². The van der Waals surface area contributed by atoms with Gasteiger partial charge in [0.1, 0.15) is 22.6 Å². The molecule has 172 valence electrons. The molecule has 0 aliphatic heterocycles. The molecule has 0 spiro atoms. The van der Waals surface area contributed by atoms with E-state index in [2.05, 4.69) is 11.3 Å². The molecule has 5 N–H and O–H groups in total. The number of aromatic hydroxyl groups is 2. The summed E-state index contributed by atoms with van der Waals surface area (Å²) in [5.41, 5.74) is 0.376. The number of carbonyl (C=O) groups is 3. The number of hydrogen-bond donors (Lipinski definition) is 5. The largest absolute Gasteiger partial charge is 0.507 e. The molecule has 2 aromatic carbocycles. The number of aliphatic hydroxyl groups excluding tert-OH is 1. The number of rotatable bonds is 9. The van der Waals surface area contributed by atoms with Crippen LogP contribution in [0.15, 0.2) is 66.3 Å². The van der Waals surface area contributed by atoms with Gasteiger partial charge in [-0.1, -0.05) is 24.8 Å². The Hall–Kier alpha value is -4.21. The van der Waals surface area contributed by atoms with E-state index in [4.69, 9.17) is 0 Å². The number of allylic oxidation sites excluding steroid dienone is 3. The molecule has 0 fully saturated rings. The van der Waals surface area contributed by atoms with Crippen LogP contribution in [-0.2, 0) is 9.53 Å². The van der Waals surface area contributed by atoms with E-state index < -0.39 is 35.5 Å². The first-order valence-corrected chi connectivity index (χ1v) is 9.44. The van der Waals surface area contributed by atoms with Gasteiger partial charge in [0.15, 0.2) is 12.1 Å². The van der Waals surface area contributed by atoms with Crippen LogP contribution in [0.1, 0.15) is 38.8 Å². The maximum absolute atomic E-state index is 12.2. The molecule has 9 heteroatoms. The fourth-order valence-corrected chi connectivity index (χ4v) is 3.00. The van der Waals surface area contributed by atoms with E-state index in [9.17, 15) is 39.9 Å². The van der Waals surface area contributed by atoms with E-state index in [1.54, 1.807) is 6.92 Å². The molecular formula is C24H22O9. The van der Waals surface area contributed by atoms with Crippen LogP contribution in [0.3, 0.4) is 0 Å². The maximum atomic E-state index is 12.2. The maximum Gasteiger partial charge on any atom is 0.339 e. The van der Waals surface area contributed by atoms with Crippen molar-refractivity contribution in [1.29, 1.82) is 0 Å². The van der Waals surface area contributed by atoms with Crippen molar-refractivity contribution in [3.63, 3.8) is 0 Å². The number of phenols is 2. The van der Waals surface area contributed by atoms with Crippen molar-refractivity contribution >= 4 is 23.3 Å². The van der Waals surface area contributed by atoms with Crippen molar-refractivity contribution in [2.45, 2.75) is 13.2 Å². The summed E-state index contributed by atoms with van der Waals surface area (Å²) < 4.78 is 4.65. The van der Waals surface area contributed by atoms with Crippen molar-refractivity contribution in [3.05, 3.63) is 88.5 Å². The molecule has 0 amide bonds. The second-order valence-corrected chi connectivity index (χ2v) is 6.94. The number of aromatic carboxylic acids is 2. The summed E-state index contributed by atoms with van der Waals surface area (Å²) in [5.74, 6) is -4.30. The number of carboxylic acids is 2. The third kappa shape index (κ3) is 5.73. The second kappa shape index (κ2) is 10.4. The lowest BCUT2D eigenvalue weighted by Crippen LogP contribution is -2.17. The Labute approximate surface area is 188 Å². The molecule has 33 heavy (non-hydrogen) atoms. The molecule has 9 nitrogen and oxygen atoms in total. The highest BCUT2D eigenvalue weighted by molar-refractivity contribution is 6.04. The zero-order valence-corrected chi connectivity index (χ0v) is 17.8. The predicted molar refractivity (Wildman–Crippen MR) is 118 cm³/mol. The average Bonchev–Trinajstić information content (AvgIpc) is 2.78. The first kappa shape index (κ1) is 25.1. The van der Waals surface area contributed by atoms with Gasteiger partial charge >= 0.3 is 11.9 Å². The van der Waals surface area contributed by atoms with Gasteiger partial charge in [-0.25, -0.2) is 9.59 Å². The summed E-state index contributed by atoms with van der Waals surface area (Å²) in [4.78, 5) is 35.2. The van der Waals surface area contributed by atoms with Crippen molar-refractivity contribution in [2.24, 2.45) is 0 Å². The highest BCUT2D eigenvalue weighted by atomic mass is 16.6. The summed E-state index contributed by atoms with van der Waals surface area (Å²) in [5, 5.41) is 48.0. The third-order valence-electron chi connectivity index (χ3n) is 4.75. The quantitative estimate of drug-likeness (QED) is 0.218. The number of benzene rings is 2. The van der Waals surface area contributed by atoms with Crippen LogP contribution in [0.4, 0.5) is 0 Å². The van der Waals surface area contributed by atoms with Crippen molar-refractivity contribution in [1.82, 2.24) is 0 Å². The third-order valence-corrected chi connectivity index (χ3v) is 4.75. The molecule has 2 aromatic rings. The minimum atomic E-state index is -1.49. The highest BCUT2D eigenvalue weighted by Crippen LogP contribution is 2.33. The molecule has 0 aliphatic rings. The monoisotopic (exact) mass is 454 g/mol. The molecule has 2 rings (SSSR count). The molecule has 0 bridgehead atoms. The molecule has 0 saturated carbocycles. The zero-order valence-electron chi connectivity index (χ0n) is 17.8. The minimum absolute atomic E-state index is 0.210. The lowest BCUT2D eigenvalue weighted by molar-refractivity contribution is -0.116. The predicted octanol–water partition coefficient (Wildman–Crippen LogP) is 2.96. The topological polar surface area (TPSA) is 162 Å². The van der Waals surface area contributed by atoms with Crippen LogP contribution in [0.25, 0.3) is 5.57 Å². The molecule has 0 aromatic heterocycles. The minimum Gasteiger partial charge on any atom is -0.507 e. The van der Waals surface area contributed by atoms with Gasteiger partial charge in [0.05, 0.1) is 0 Å². The first-order chi connectivity index (χ1) is 15.5. The Morgan fingerprint density at radius 3 is 1.76 bits per heavy atom. The molecule has 0 heterocycles. The van der Waals surface area contributed by atoms with Gasteiger partial charge in [0, 0.05) is 12.7 Å². The van der Waals surface area contributed by atoms with Gasteiger partial charge in [0.2, 0.25) is 0 Å². The first-order valence-electron chi connectivity index (χ1n) is 9.44. The number of carbonyl (C=O) groups excluding carboxylic acids is 1. The Kier molecular flexibility index (Phi) is 7.90. The van der Waals surface area contributed by atoms with Crippen LogP contribution in [0.5, 0.6) is 11.5 Å². The number of aliphatic hydroxyl groups is 1. The number of methoxy groups -OCH3 is 1. The number of hydrogen-bond acceptors (Lipinski definition) is 7. The second-order valence-electron chi connectivity index (χ2n) is 6.94. The number of carboxylic acid groups (broad SMARTS) is 2. The summed E-state index contributed by atoms with van der Waals surface area (Å²) >= 11 is 0. The standard InChI is InChI=1S/C24H22O9/c1-12(4-7-18(25)13(2)24(32)33-3)21(14-5-8-19(26)16(10-14)22(28)29)15-6-9-20(27)17(11-15)23(30)31/h4-11,24,26-27,32H,2H2,1,3H3,(H,28,29)(H,30,31)/b7-4-.